The van der Waals surface area contributed by atoms with Crippen LogP contribution in [0.25, 0.3) is 0 Å². The first-order chi connectivity index (χ1) is 9.15. The van der Waals surface area contributed by atoms with Crippen molar-refractivity contribution in [2.24, 2.45) is 0 Å². The molecular weight excluding hydrogens is 250 g/mol. The molecule has 110 valence electrons. The number of aliphatic carboxylic acids is 1. The summed E-state index contributed by atoms with van der Waals surface area (Å²) in [4.78, 5) is 13.6. The average Bonchev–Trinajstić information content (AvgIpc) is 2.30. The van der Waals surface area contributed by atoms with Crippen molar-refractivity contribution in [3.63, 3.8) is 0 Å². The molecule has 3 heteroatoms. The lowest BCUT2D eigenvalue weighted by Gasteiger charge is -2.49. The molecule has 0 saturated heterocycles. The van der Waals surface area contributed by atoms with Crippen LogP contribution in [0, 0.1) is 13.8 Å². The van der Waals surface area contributed by atoms with Crippen LogP contribution in [-0.2, 0) is 4.79 Å². The fraction of sp³-hybridized carbons (Fsp3) is 0.588. The fourth-order valence-corrected chi connectivity index (χ4v) is 3.55. The number of fused-ring (bicyclic) bond motifs is 1. The van der Waals surface area contributed by atoms with Crippen LogP contribution in [0.3, 0.4) is 0 Å². The van der Waals surface area contributed by atoms with Gasteiger partial charge in [-0.1, -0.05) is 13.0 Å². The topological polar surface area (TPSA) is 40.5 Å². The third-order valence-corrected chi connectivity index (χ3v) is 4.64. The number of hydrogen-bond donors (Lipinski definition) is 1. The average molecular weight is 275 g/mol. The lowest BCUT2D eigenvalue weighted by atomic mass is 9.78. The molecule has 1 N–H and O–H groups in total. The Balaban J connectivity index is 2.64. The normalized spacial score (nSPS) is 22.3. The Morgan fingerprint density at radius 3 is 2.45 bits per heavy atom. The van der Waals surface area contributed by atoms with Crippen LogP contribution in [0.15, 0.2) is 12.1 Å². The van der Waals surface area contributed by atoms with Crippen molar-refractivity contribution in [3.05, 3.63) is 28.8 Å². The molecule has 0 fully saturated rings. The number of benzene rings is 1. The van der Waals surface area contributed by atoms with Gasteiger partial charge in [0.2, 0.25) is 0 Å². The van der Waals surface area contributed by atoms with Crippen molar-refractivity contribution < 1.29 is 9.90 Å². The first-order valence-electron chi connectivity index (χ1n) is 7.28. The molecule has 1 aliphatic heterocycles. The Bertz CT molecular complexity index is 548. The minimum absolute atomic E-state index is 0.147. The maximum Gasteiger partial charge on any atom is 0.326 e. The zero-order chi connectivity index (χ0) is 15.2. The van der Waals surface area contributed by atoms with Gasteiger partial charge in [0.05, 0.1) is 0 Å². The lowest BCUT2D eigenvalue weighted by molar-refractivity contribution is -0.138. The first-order valence-corrected chi connectivity index (χ1v) is 7.28. The summed E-state index contributed by atoms with van der Waals surface area (Å²) in [5.41, 5.74) is 4.72. The molecule has 0 radical (unpaired) electrons. The van der Waals surface area contributed by atoms with Crippen LogP contribution in [0.2, 0.25) is 0 Å². The molecule has 1 aromatic carbocycles. The smallest absolute Gasteiger partial charge is 0.326 e. The van der Waals surface area contributed by atoms with Gasteiger partial charge in [-0.05, 0) is 69.7 Å². The predicted molar refractivity (Wildman–Crippen MR) is 82.6 cm³/mol. The SMILES string of the molecule is Cc1cc2c(cc1C)N([C@@H](C)C(=O)O)C(C)(C)C[C@H]2C. The van der Waals surface area contributed by atoms with E-state index in [2.05, 4.69) is 51.7 Å². The van der Waals surface area contributed by atoms with Gasteiger partial charge in [-0.3, -0.25) is 0 Å². The highest BCUT2D eigenvalue weighted by molar-refractivity contribution is 5.80. The molecule has 20 heavy (non-hydrogen) atoms. The van der Waals surface area contributed by atoms with Gasteiger partial charge >= 0.3 is 5.97 Å². The van der Waals surface area contributed by atoms with E-state index >= 15 is 0 Å². The molecule has 0 bridgehead atoms. The van der Waals surface area contributed by atoms with Gasteiger partial charge in [0, 0.05) is 11.2 Å². The van der Waals surface area contributed by atoms with Crippen LogP contribution in [-0.4, -0.2) is 22.7 Å². The van der Waals surface area contributed by atoms with Gasteiger partial charge in [-0.25, -0.2) is 4.79 Å². The molecule has 3 nitrogen and oxygen atoms in total. The van der Waals surface area contributed by atoms with Gasteiger partial charge in [-0.15, -0.1) is 0 Å². The Labute approximate surface area is 121 Å². The van der Waals surface area contributed by atoms with E-state index in [-0.39, 0.29) is 5.54 Å². The molecule has 1 aliphatic rings. The number of aryl methyl sites for hydroxylation is 2. The van der Waals surface area contributed by atoms with Gasteiger partial charge in [0.25, 0.3) is 0 Å². The van der Waals surface area contributed by atoms with E-state index in [1.54, 1.807) is 6.92 Å². The summed E-state index contributed by atoms with van der Waals surface area (Å²) in [6.45, 7) is 12.5. The molecule has 0 unspecified atom stereocenters. The Morgan fingerprint density at radius 1 is 1.35 bits per heavy atom. The molecule has 2 atom stereocenters. The van der Waals surface area contributed by atoms with Crippen molar-refractivity contribution in [2.75, 3.05) is 4.90 Å². The summed E-state index contributed by atoms with van der Waals surface area (Å²) in [7, 11) is 0. The molecule has 1 heterocycles. The quantitative estimate of drug-likeness (QED) is 0.890. The number of carboxylic acid groups (broad SMARTS) is 1. The minimum atomic E-state index is -0.767. The second kappa shape index (κ2) is 4.80. The lowest BCUT2D eigenvalue weighted by Crippen LogP contribution is -2.55. The predicted octanol–water partition coefficient (Wildman–Crippen LogP) is 3.87. The highest BCUT2D eigenvalue weighted by Crippen LogP contribution is 2.45. The van der Waals surface area contributed by atoms with Gasteiger partial charge < -0.3 is 10.0 Å². The van der Waals surface area contributed by atoms with Crippen molar-refractivity contribution in [1.29, 1.82) is 0 Å². The fourth-order valence-electron chi connectivity index (χ4n) is 3.55. The van der Waals surface area contributed by atoms with Crippen molar-refractivity contribution in [3.8, 4) is 0 Å². The molecule has 0 spiro atoms. The summed E-state index contributed by atoms with van der Waals surface area (Å²) in [6, 6.07) is 3.87. The van der Waals surface area contributed by atoms with Gasteiger partial charge in [0.15, 0.2) is 0 Å². The van der Waals surface area contributed by atoms with Crippen molar-refractivity contribution in [1.82, 2.24) is 0 Å². The number of nitrogens with zero attached hydrogens (tertiary/aromatic N) is 1. The monoisotopic (exact) mass is 275 g/mol. The van der Waals surface area contributed by atoms with Crippen LogP contribution in [0.1, 0.15) is 56.7 Å². The van der Waals surface area contributed by atoms with Gasteiger partial charge in [0.1, 0.15) is 6.04 Å². The minimum Gasteiger partial charge on any atom is -0.480 e. The van der Waals surface area contributed by atoms with Crippen molar-refractivity contribution >= 4 is 11.7 Å². The number of anilines is 1. The first kappa shape index (κ1) is 14.9. The summed E-state index contributed by atoms with van der Waals surface area (Å²) in [5, 5.41) is 9.44. The Morgan fingerprint density at radius 2 is 1.90 bits per heavy atom. The third-order valence-electron chi connectivity index (χ3n) is 4.64. The second-order valence-corrected chi connectivity index (χ2v) is 6.80. The molecule has 2 rings (SSSR count). The summed E-state index contributed by atoms with van der Waals surface area (Å²) in [6.07, 6.45) is 0.972. The number of rotatable bonds is 2. The van der Waals surface area contributed by atoms with Gasteiger partial charge in [-0.2, -0.15) is 0 Å². The number of carbonyl (C=O) groups is 1. The van der Waals surface area contributed by atoms with Crippen LogP contribution in [0.5, 0.6) is 0 Å². The molecule has 0 aromatic heterocycles. The summed E-state index contributed by atoms with van der Waals surface area (Å²) < 4.78 is 0. The number of carboxylic acids is 1. The highest BCUT2D eigenvalue weighted by atomic mass is 16.4. The Hall–Kier alpha value is -1.51. The molecular formula is C17H25NO2. The van der Waals surface area contributed by atoms with E-state index in [1.165, 1.54) is 16.7 Å². The molecule has 1 aromatic rings. The summed E-state index contributed by atoms with van der Waals surface area (Å²) >= 11 is 0. The molecule has 0 aliphatic carbocycles. The van der Waals surface area contributed by atoms with E-state index in [0.29, 0.717) is 5.92 Å². The molecule has 0 amide bonds. The maximum absolute atomic E-state index is 11.5. The van der Waals surface area contributed by atoms with Crippen LogP contribution < -0.4 is 4.90 Å². The summed E-state index contributed by atoms with van der Waals surface area (Å²) in [5.74, 6) is -0.312. The van der Waals surface area contributed by atoms with Crippen LogP contribution in [0.4, 0.5) is 5.69 Å². The van der Waals surface area contributed by atoms with E-state index in [0.717, 1.165) is 12.1 Å². The zero-order valence-corrected chi connectivity index (χ0v) is 13.3. The molecule has 0 saturated carbocycles. The third kappa shape index (κ3) is 2.30. The van der Waals surface area contributed by atoms with Crippen LogP contribution >= 0.6 is 0 Å². The van der Waals surface area contributed by atoms with Crippen molar-refractivity contribution in [2.45, 2.75) is 65.5 Å². The van der Waals surface area contributed by atoms with E-state index < -0.39 is 12.0 Å². The highest BCUT2D eigenvalue weighted by Gasteiger charge is 2.40. The largest absolute Gasteiger partial charge is 0.480 e. The zero-order valence-electron chi connectivity index (χ0n) is 13.3. The van der Waals surface area contributed by atoms with E-state index in [9.17, 15) is 9.90 Å². The standard InChI is InChI=1S/C17H25NO2/c1-10-7-14-12(3)9-17(5,6)18(13(4)16(19)20)15(14)8-11(10)2/h7-8,12-13H,9H2,1-6H3,(H,19,20)/t12-,13+/m1/s1. The number of hydrogen-bond acceptors (Lipinski definition) is 2. The Kier molecular flexibility index (Phi) is 3.57. The maximum atomic E-state index is 11.5. The van der Waals surface area contributed by atoms with E-state index in [1.807, 2.05) is 0 Å². The van der Waals surface area contributed by atoms with E-state index in [4.69, 9.17) is 0 Å². The second-order valence-electron chi connectivity index (χ2n) is 6.80.